The summed E-state index contributed by atoms with van der Waals surface area (Å²) in [4.78, 5) is 26.6. The van der Waals surface area contributed by atoms with E-state index in [1.807, 2.05) is 6.92 Å². The van der Waals surface area contributed by atoms with Gasteiger partial charge in [-0.05, 0) is 37.7 Å². The van der Waals surface area contributed by atoms with Crippen LogP contribution in [-0.2, 0) is 22.3 Å². The van der Waals surface area contributed by atoms with Crippen molar-refractivity contribution in [3.63, 3.8) is 0 Å². The number of nitrogens with zero attached hydrogens (tertiary/aromatic N) is 5. The van der Waals surface area contributed by atoms with Crippen molar-refractivity contribution in [2.45, 2.75) is 33.1 Å². The molecule has 3 aromatic rings. The number of carbonyl (C=O) groups excluding carboxylic acids is 1. The summed E-state index contributed by atoms with van der Waals surface area (Å²) in [6, 6.07) is 0. The molecule has 3 heterocycles. The van der Waals surface area contributed by atoms with Gasteiger partial charge in [-0.15, -0.1) is 16.4 Å². The molecule has 3 aromatic heterocycles. The third kappa shape index (κ3) is 3.74. The number of ether oxygens (including phenoxy) is 2. The molecule has 0 radical (unpaired) electrons. The maximum absolute atomic E-state index is 13.1. The fourth-order valence-electron chi connectivity index (χ4n) is 3.90. The van der Waals surface area contributed by atoms with E-state index in [0.717, 1.165) is 34.5 Å². The molecule has 156 valence electrons. The van der Waals surface area contributed by atoms with Crippen molar-refractivity contribution in [2.75, 3.05) is 40.5 Å². The van der Waals surface area contributed by atoms with E-state index in [2.05, 4.69) is 17.0 Å². The Hall–Kier alpha value is -2.10. The molecule has 0 saturated heterocycles. The molecule has 9 heteroatoms. The van der Waals surface area contributed by atoms with E-state index >= 15 is 0 Å². The van der Waals surface area contributed by atoms with Gasteiger partial charge in [0, 0.05) is 32.2 Å². The number of amides is 1. The third-order valence-electron chi connectivity index (χ3n) is 5.50. The molecule has 8 nitrogen and oxygen atoms in total. The molecule has 1 unspecified atom stereocenters. The summed E-state index contributed by atoms with van der Waals surface area (Å²) in [6.07, 6.45) is 3.32. The number of aromatic nitrogens is 4. The quantitative estimate of drug-likeness (QED) is 0.588. The van der Waals surface area contributed by atoms with Crippen molar-refractivity contribution in [1.29, 1.82) is 0 Å². The molecular weight excluding hydrogens is 390 g/mol. The number of methoxy groups -OCH3 is 2. The van der Waals surface area contributed by atoms with Gasteiger partial charge in [-0.1, -0.05) is 6.92 Å². The zero-order valence-electron chi connectivity index (χ0n) is 17.4. The van der Waals surface area contributed by atoms with Crippen molar-refractivity contribution >= 4 is 33.1 Å². The predicted molar refractivity (Wildman–Crippen MR) is 112 cm³/mol. The standard InChI is InChI=1S/C20H27N5O3S/c1-12-5-6-15-14(11-12)16-18-22-17(23-25(18)13(2)21-19(16)29-15)20(26)24(7-9-27-3)8-10-28-4/h12H,5-11H2,1-4H3. The second kappa shape index (κ2) is 8.33. The highest BCUT2D eigenvalue weighted by Crippen LogP contribution is 2.39. The van der Waals surface area contributed by atoms with E-state index in [0.29, 0.717) is 32.2 Å². The third-order valence-corrected chi connectivity index (χ3v) is 6.68. The fraction of sp³-hybridized carbons (Fsp3) is 0.600. The Bertz CT molecular complexity index is 1040. The minimum absolute atomic E-state index is 0.193. The number of thiophene rings is 1. The molecule has 1 aliphatic rings. The fourth-order valence-corrected chi connectivity index (χ4v) is 5.15. The molecule has 1 aliphatic carbocycles. The average Bonchev–Trinajstić information content (AvgIpc) is 3.29. The van der Waals surface area contributed by atoms with Gasteiger partial charge in [0.25, 0.3) is 5.91 Å². The summed E-state index contributed by atoms with van der Waals surface area (Å²) in [5, 5.41) is 5.59. The lowest BCUT2D eigenvalue weighted by molar-refractivity contribution is 0.0616. The molecule has 0 bridgehead atoms. The van der Waals surface area contributed by atoms with Crippen molar-refractivity contribution in [2.24, 2.45) is 5.92 Å². The van der Waals surface area contributed by atoms with Gasteiger partial charge < -0.3 is 14.4 Å². The second-order valence-corrected chi connectivity index (χ2v) is 8.72. The Morgan fingerprint density at radius 1 is 1.24 bits per heavy atom. The zero-order chi connectivity index (χ0) is 20.5. The topological polar surface area (TPSA) is 81.9 Å². The van der Waals surface area contributed by atoms with Gasteiger partial charge in [0.1, 0.15) is 10.7 Å². The van der Waals surface area contributed by atoms with Crippen molar-refractivity contribution in [3.05, 3.63) is 22.1 Å². The molecule has 0 aliphatic heterocycles. The molecule has 0 N–H and O–H groups in total. The van der Waals surface area contributed by atoms with E-state index in [-0.39, 0.29) is 11.7 Å². The van der Waals surface area contributed by atoms with Crippen LogP contribution in [-0.4, -0.2) is 70.9 Å². The summed E-state index contributed by atoms with van der Waals surface area (Å²) < 4.78 is 12.0. The van der Waals surface area contributed by atoms with Crippen molar-refractivity contribution in [1.82, 2.24) is 24.5 Å². The number of carbonyl (C=O) groups is 1. The van der Waals surface area contributed by atoms with Gasteiger partial charge in [-0.25, -0.2) is 9.97 Å². The molecule has 4 rings (SSSR count). The Morgan fingerprint density at radius 3 is 2.66 bits per heavy atom. The molecule has 1 atom stereocenters. The number of hydrogen-bond donors (Lipinski definition) is 0. The van der Waals surface area contributed by atoms with Crippen molar-refractivity contribution < 1.29 is 14.3 Å². The minimum atomic E-state index is -0.215. The summed E-state index contributed by atoms with van der Waals surface area (Å²) in [7, 11) is 3.24. The lowest BCUT2D eigenvalue weighted by atomic mass is 9.89. The zero-order valence-corrected chi connectivity index (χ0v) is 18.2. The van der Waals surface area contributed by atoms with E-state index in [1.54, 1.807) is 35.0 Å². The highest BCUT2D eigenvalue weighted by Gasteiger charge is 2.27. The van der Waals surface area contributed by atoms with Crippen LogP contribution in [0.5, 0.6) is 0 Å². The van der Waals surface area contributed by atoms with E-state index in [9.17, 15) is 4.79 Å². The van der Waals surface area contributed by atoms with Crippen LogP contribution in [0.3, 0.4) is 0 Å². The lowest BCUT2D eigenvalue weighted by Crippen LogP contribution is -2.37. The highest BCUT2D eigenvalue weighted by atomic mass is 32.1. The molecular formula is C20H27N5O3S. The Labute approximate surface area is 173 Å². The lowest BCUT2D eigenvalue weighted by Gasteiger charge is -2.20. The Kier molecular flexibility index (Phi) is 5.80. The van der Waals surface area contributed by atoms with Crippen LogP contribution in [0.25, 0.3) is 15.9 Å². The average molecular weight is 418 g/mol. The second-order valence-electron chi connectivity index (χ2n) is 7.64. The maximum atomic E-state index is 13.1. The smallest absolute Gasteiger partial charge is 0.293 e. The first kappa shape index (κ1) is 20.2. The van der Waals surface area contributed by atoms with Crippen LogP contribution in [0.4, 0.5) is 0 Å². The van der Waals surface area contributed by atoms with Crippen LogP contribution in [0.15, 0.2) is 0 Å². The Balaban J connectivity index is 1.78. The van der Waals surface area contributed by atoms with Crippen LogP contribution in [0, 0.1) is 12.8 Å². The first-order valence-corrected chi connectivity index (χ1v) is 10.8. The predicted octanol–water partition coefficient (Wildman–Crippen LogP) is 2.51. The van der Waals surface area contributed by atoms with Crippen LogP contribution in [0.2, 0.25) is 0 Å². The molecule has 0 spiro atoms. The van der Waals surface area contributed by atoms with Gasteiger partial charge in [-0.2, -0.15) is 4.52 Å². The van der Waals surface area contributed by atoms with Crippen LogP contribution < -0.4 is 0 Å². The molecule has 0 fully saturated rings. The van der Waals surface area contributed by atoms with Crippen molar-refractivity contribution in [3.8, 4) is 0 Å². The summed E-state index contributed by atoms with van der Waals surface area (Å²) in [6.45, 7) is 6.02. The molecule has 0 saturated carbocycles. The summed E-state index contributed by atoms with van der Waals surface area (Å²) in [5.41, 5.74) is 2.07. The molecule has 29 heavy (non-hydrogen) atoms. The van der Waals surface area contributed by atoms with Gasteiger partial charge in [0.15, 0.2) is 5.65 Å². The van der Waals surface area contributed by atoms with Crippen LogP contribution >= 0.6 is 11.3 Å². The SMILES string of the molecule is COCCN(CCOC)C(=O)c1nc2c3c4c(sc3nc(C)n2n1)CCC(C)C4. The minimum Gasteiger partial charge on any atom is -0.383 e. The maximum Gasteiger partial charge on any atom is 0.293 e. The van der Waals surface area contributed by atoms with E-state index in [4.69, 9.17) is 14.5 Å². The van der Waals surface area contributed by atoms with E-state index < -0.39 is 0 Å². The van der Waals surface area contributed by atoms with E-state index in [1.165, 1.54) is 16.9 Å². The van der Waals surface area contributed by atoms with Gasteiger partial charge in [0.2, 0.25) is 5.82 Å². The molecule has 0 aromatic carbocycles. The van der Waals surface area contributed by atoms with Gasteiger partial charge >= 0.3 is 0 Å². The number of hydrogen-bond acceptors (Lipinski definition) is 7. The highest BCUT2D eigenvalue weighted by molar-refractivity contribution is 7.19. The summed E-state index contributed by atoms with van der Waals surface area (Å²) >= 11 is 1.76. The van der Waals surface area contributed by atoms with Gasteiger partial charge in [0.05, 0.1) is 18.6 Å². The first-order valence-electron chi connectivity index (χ1n) is 9.98. The number of fused-ring (bicyclic) bond motifs is 5. The first-order chi connectivity index (χ1) is 14.0. The van der Waals surface area contributed by atoms with Gasteiger partial charge in [-0.3, -0.25) is 4.79 Å². The normalized spacial score (nSPS) is 16.5. The Morgan fingerprint density at radius 2 is 1.97 bits per heavy atom. The van der Waals surface area contributed by atoms with Crippen LogP contribution in [0.1, 0.15) is 40.2 Å². The number of rotatable bonds is 7. The number of aryl methyl sites for hydroxylation is 2. The molecule has 1 amide bonds. The monoisotopic (exact) mass is 417 g/mol. The summed E-state index contributed by atoms with van der Waals surface area (Å²) in [5.74, 6) is 1.36. The largest absolute Gasteiger partial charge is 0.383 e.